The second kappa shape index (κ2) is 8.57. The number of halogens is 1. The van der Waals surface area contributed by atoms with E-state index in [1.807, 2.05) is 24.3 Å². The summed E-state index contributed by atoms with van der Waals surface area (Å²) in [6.45, 7) is 1.15. The van der Waals surface area contributed by atoms with E-state index in [2.05, 4.69) is 0 Å². The summed E-state index contributed by atoms with van der Waals surface area (Å²) >= 11 is 7.38. The third-order valence-electron chi connectivity index (χ3n) is 4.29. The Hall–Kier alpha value is -1.34. The van der Waals surface area contributed by atoms with Crippen LogP contribution < -0.4 is 0 Å². The molecule has 26 heavy (non-hydrogen) atoms. The van der Waals surface area contributed by atoms with E-state index in [0.29, 0.717) is 29.4 Å². The number of rotatable bonds is 7. The fraction of sp³-hybridized carbons (Fsp3) is 0.316. The number of hydrogen-bond acceptors (Lipinski definition) is 4. The van der Waals surface area contributed by atoms with Crippen molar-refractivity contribution < 1.29 is 13.2 Å². The van der Waals surface area contributed by atoms with Gasteiger partial charge in [0.05, 0.1) is 10.6 Å². The molecule has 2 aromatic rings. The summed E-state index contributed by atoms with van der Waals surface area (Å²) < 4.78 is 26.5. The van der Waals surface area contributed by atoms with Gasteiger partial charge in [-0.2, -0.15) is 4.31 Å². The van der Waals surface area contributed by atoms with Crippen LogP contribution in [0, 0.1) is 0 Å². The first-order valence-electron chi connectivity index (χ1n) is 8.42. The van der Waals surface area contributed by atoms with E-state index in [1.165, 1.54) is 28.2 Å². The lowest BCUT2D eigenvalue weighted by molar-refractivity contribution is 0.102. The van der Waals surface area contributed by atoms with Crippen LogP contribution in [-0.4, -0.2) is 37.3 Å². The van der Waals surface area contributed by atoms with Gasteiger partial charge >= 0.3 is 0 Å². The van der Waals surface area contributed by atoms with E-state index in [-0.39, 0.29) is 10.7 Å². The first-order chi connectivity index (χ1) is 12.5. The minimum atomic E-state index is -3.43. The second-order valence-electron chi connectivity index (χ2n) is 6.18. The Morgan fingerprint density at radius 1 is 1.00 bits per heavy atom. The molecule has 0 spiro atoms. The fourth-order valence-electron chi connectivity index (χ4n) is 2.82. The Morgan fingerprint density at radius 2 is 1.62 bits per heavy atom. The number of carbonyl (C=O) groups is 1. The molecule has 0 aliphatic carbocycles. The maximum atomic E-state index is 12.5. The van der Waals surface area contributed by atoms with E-state index in [9.17, 15) is 13.2 Å². The molecule has 0 N–H and O–H groups in total. The molecule has 3 rings (SSSR count). The first kappa shape index (κ1) is 19.4. The number of carbonyl (C=O) groups excluding carboxylic acids is 1. The van der Waals surface area contributed by atoms with Crippen molar-refractivity contribution in [1.29, 1.82) is 0 Å². The van der Waals surface area contributed by atoms with Crippen molar-refractivity contribution in [1.82, 2.24) is 4.31 Å². The molecular formula is C19H20ClNO3S2. The summed E-state index contributed by atoms with van der Waals surface area (Å²) in [6, 6.07) is 13.8. The normalized spacial score (nSPS) is 15.3. The van der Waals surface area contributed by atoms with Crippen LogP contribution in [0.2, 0.25) is 5.02 Å². The molecule has 1 fully saturated rings. The minimum Gasteiger partial charge on any atom is -0.293 e. The van der Waals surface area contributed by atoms with E-state index in [1.54, 1.807) is 12.1 Å². The average molecular weight is 410 g/mol. The fourth-order valence-corrected chi connectivity index (χ4v) is 5.34. The molecule has 1 aliphatic rings. The number of Topliss-reactive ketones (excluding diaryl/α,β-unsaturated/α-hetero) is 1. The predicted octanol–water partition coefficient (Wildman–Crippen LogP) is 4.24. The van der Waals surface area contributed by atoms with E-state index >= 15 is 0 Å². The topological polar surface area (TPSA) is 54.5 Å². The summed E-state index contributed by atoms with van der Waals surface area (Å²) in [5.74, 6) is 1.07. The van der Waals surface area contributed by atoms with Crippen molar-refractivity contribution in [3.8, 4) is 0 Å². The second-order valence-corrected chi connectivity index (χ2v) is 9.54. The molecule has 0 saturated carbocycles. The standard InChI is InChI=1S/C19H20ClNO3S2/c20-17-7-3-15(4-8-17)13-25-14-19(22)16-5-9-18(10-6-16)26(23,24)21-11-1-2-12-21/h3-10H,1-2,11-14H2. The lowest BCUT2D eigenvalue weighted by Gasteiger charge is -2.15. The van der Waals surface area contributed by atoms with Gasteiger partial charge in [-0.25, -0.2) is 8.42 Å². The van der Waals surface area contributed by atoms with E-state index < -0.39 is 10.0 Å². The van der Waals surface area contributed by atoms with Crippen molar-refractivity contribution >= 4 is 39.2 Å². The van der Waals surface area contributed by atoms with Crippen molar-refractivity contribution in [2.24, 2.45) is 0 Å². The number of benzene rings is 2. The maximum Gasteiger partial charge on any atom is 0.243 e. The zero-order chi connectivity index (χ0) is 18.6. The quantitative estimate of drug-likeness (QED) is 0.642. The molecule has 0 bridgehead atoms. The molecule has 1 aliphatic heterocycles. The average Bonchev–Trinajstić information content (AvgIpc) is 3.19. The minimum absolute atomic E-state index is 0.00548. The SMILES string of the molecule is O=C(CSCc1ccc(Cl)cc1)c1ccc(S(=O)(=O)N2CCCC2)cc1. The van der Waals surface area contributed by atoms with Crippen LogP contribution >= 0.6 is 23.4 Å². The zero-order valence-corrected chi connectivity index (χ0v) is 16.6. The van der Waals surface area contributed by atoms with Crippen molar-refractivity contribution in [3.63, 3.8) is 0 Å². The highest BCUT2D eigenvalue weighted by molar-refractivity contribution is 7.99. The van der Waals surface area contributed by atoms with Gasteiger partial charge < -0.3 is 0 Å². The van der Waals surface area contributed by atoms with Crippen LogP contribution in [0.5, 0.6) is 0 Å². The van der Waals surface area contributed by atoms with Gasteiger partial charge in [0.2, 0.25) is 10.0 Å². The molecule has 4 nitrogen and oxygen atoms in total. The monoisotopic (exact) mass is 409 g/mol. The van der Waals surface area contributed by atoms with Gasteiger partial charge in [0, 0.05) is 29.4 Å². The highest BCUT2D eigenvalue weighted by Gasteiger charge is 2.27. The zero-order valence-electron chi connectivity index (χ0n) is 14.2. The van der Waals surface area contributed by atoms with Gasteiger partial charge in [0.25, 0.3) is 0 Å². The predicted molar refractivity (Wildman–Crippen MR) is 106 cm³/mol. The number of hydrogen-bond donors (Lipinski definition) is 0. The third-order valence-corrected chi connectivity index (χ3v) is 7.46. The molecule has 1 heterocycles. The van der Waals surface area contributed by atoms with Crippen LogP contribution in [0.1, 0.15) is 28.8 Å². The number of nitrogens with zero attached hydrogens (tertiary/aromatic N) is 1. The van der Waals surface area contributed by atoms with Gasteiger partial charge in [-0.15, -0.1) is 11.8 Å². The molecule has 1 saturated heterocycles. The van der Waals surface area contributed by atoms with E-state index in [0.717, 1.165) is 24.2 Å². The van der Waals surface area contributed by atoms with Crippen LogP contribution in [0.4, 0.5) is 0 Å². The van der Waals surface area contributed by atoms with Gasteiger partial charge in [0.15, 0.2) is 5.78 Å². The lowest BCUT2D eigenvalue weighted by atomic mass is 10.1. The van der Waals surface area contributed by atoms with Crippen molar-refractivity contribution in [2.45, 2.75) is 23.5 Å². The number of ketones is 1. The Kier molecular flexibility index (Phi) is 6.40. The van der Waals surface area contributed by atoms with E-state index in [4.69, 9.17) is 11.6 Å². The Bertz CT molecular complexity index is 859. The summed E-state index contributed by atoms with van der Waals surface area (Å²) in [5.41, 5.74) is 1.65. The highest BCUT2D eigenvalue weighted by Crippen LogP contribution is 2.22. The number of sulfonamides is 1. The maximum absolute atomic E-state index is 12.5. The molecule has 0 atom stereocenters. The van der Waals surface area contributed by atoms with Crippen LogP contribution in [0.25, 0.3) is 0 Å². The van der Waals surface area contributed by atoms with Gasteiger partial charge in [-0.05, 0) is 42.7 Å². The van der Waals surface area contributed by atoms with Gasteiger partial charge in [-0.3, -0.25) is 4.79 Å². The van der Waals surface area contributed by atoms with Gasteiger partial charge in [-0.1, -0.05) is 35.9 Å². The smallest absolute Gasteiger partial charge is 0.243 e. The molecule has 0 unspecified atom stereocenters. The Labute approximate surface area is 163 Å². The van der Waals surface area contributed by atoms with Crippen LogP contribution in [0.3, 0.4) is 0 Å². The van der Waals surface area contributed by atoms with Crippen molar-refractivity contribution in [3.05, 3.63) is 64.7 Å². The number of thioether (sulfide) groups is 1. The lowest BCUT2D eigenvalue weighted by Crippen LogP contribution is -2.27. The molecule has 2 aromatic carbocycles. The largest absolute Gasteiger partial charge is 0.293 e. The van der Waals surface area contributed by atoms with Crippen molar-refractivity contribution in [2.75, 3.05) is 18.8 Å². The van der Waals surface area contributed by atoms with Crippen LogP contribution in [-0.2, 0) is 15.8 Å². The third kappa shape index (κ3) is 4.68. The Balaban J connectivity index is 1.57. The molecule has 7 heteroatoms. The molecule has 0 radical (unpaired) electrons. The molecule has 0 aromatic heterocycles. The first-order valence-corrected chi connectivity index (χ1v) is 11.4. The summed E-state index contributed by atoms with van der Waals surface area (Å²) in [4.78, 5) is 12.6. The Morgan fingerprint density at radius 3 is 2.23 bits per heavy atom. The molecule has 138 valence electrons. The van der Waals surface area contributed by atoms with Gasteiger partial charge in [0.1, 0.15) is 0 Å². The molecular weight excluding hydrogens is 390 g/mol. The summed E-state index contributed by atoms with van der Waals surface area (Å²) in [6.07, 6.45) is 1.81. The summed E-state index contributed by atoms with van der Waals surface area (Å²) in [7, 11) is -3.43. The summed E-state index contributed by atoms with van der Waals surface area (Å²) in [5, 5.41) is 0.693. The molecule has 0 amide bonds. The highest BCUT2D eigenvalue weighted by atomic mass is 35.5. The van der Waals surface area contributed by atoms with Crippen LogP contribution in [0.15, 0.2) is 53.4 Å².